The largest absolute Gasteiger partial charge is 0.491 e. The van der Waals surface area contributed by atoms with Crippen LogP contribution in [0.4, 0.5) is 0 Å². The van der Waals surface area contributed by atoms with Crippen molar-refractivity contribution in [1.29, 1.82) is 0 Å². The molecule has 1 atom stereocenters. The van der Waals surface area contributed by atoms with E-state index in [0.717, 1.165) is 5.56 Å². The van der Waals surface area contributed by atoms with Gasteiger partial charge in [-0.3, -0.25) is 4.79 Å². The van der Waals surface area contributed by atoms with E-state index in [1.807, 2.05) is 0 Å². The fraction of sp³-hybridized carbons (Fsp3) is 0.417. The smallest absolute Gasteiger partial charge is 0.303 e. The molecular formula is C12H16O5. The summed E-state index contributed by atoms with van der Waals surface area (Å²) in [6.07, 6.45) is -0.306. The third-order valence-electron chi connectivity index (χ3n) is 2.20. The van der Waals surface area contributed by atoms with Crippen molar-refractivity contribution in [3.8, 4) is 5.75 Å². The Bertz CT molecular complexity index is 346. The molecule has 0 heterocycles. The topological polar surface area (TPSA) is 87.0 Å². The van der Waals surface area contributed by atoms with E-state index in [1.165, 1.54) is 0 Å². The number of aliphatic hydroxyl groups is 2. The first kappa shape index (κ1) is 13.5. The molecule has 0 unspecified atom stereocenters. The van der Waals surface area contributed by atoms with E-state index in [1.54, 1.807) is 24.3 Å². The maximum absolute atomic E-state index is 10.4. The van der Waals surface area contributed by atoms with E-state index in [0.29, 0.717) is 12.2 Å². The second kappa shape index (κ2) is 6.88. The first-order valence-corrected chi connectivity index (χ1v) is 5.34. The number of carbonyl (C=O) groups is 1. The van der Waals surface area contributed by atoms with E-state index < -0.39 is 12.1 Å². The molecule has 3 N–H and O–H groups in total. The summed E-state index contributed by atoms with van der Waals surface area (Å²) in [5.74, 6) is -0.243. The summed E-state index contributed by atoms with van der Waals surface area (Å²) in [6.45, 7) is -0.304. The van der Waals surface area contributed by atoms with E-state index in [9.17, 15) is 4.79 Å². The summed E-state index contributed by atoms with van der Waals surface area (Å²) in [4.78, 5) is 10.4. The number of aryl methyl sites for hydroxylation is 1. The Hall–Kier alpha value is -1.59. The standard InChI is InChI=1S/C12H16O5/c13-7-10(14)8-17-11-4-1-9(2-5-11)3-6-12(15)16/h1-2,4-5,10,13-14H,3,6-8H2,(H,15,16)/t10-/m0/s1. The number of aliphatic carboxylic acids is 1. The van der Waals surface area contributed by atoms with Crippen molar-refractivity contribution >= 4 is 5.97 Å². The van der Waals surface area contributed by atoms with Crippen molar-refractivity contribution in [3.63, 3.8) is 0 Å². The maximum atomic E-state index is 10.4. The molecule has 0 aliphatic rings. The van der Waals surface area contributed by atoms with Crippen LogP contribution in [0.1, 0.15) is 12.0 Å². The quantitative estimate of drug-likeness (QED) is 0.643. The van der Waals surface area contributed by atoms with E-state index in [-0.39, 0.29) is 19.6 Å². The summed E-state index contributed by atoms with van der Waals surface area (Å²) in [7, 11) is 0. The Balaban J connectivity index is 2.41. The second-order valence-electron chi connectivity index (χ2n) is 3.69. The lowest BCUT2D eigenvalue weighted by atomic mass is 10.1. The molecule has 5 heteroatoms. The van der Waals surface area contributed by atoms with Crippen molar-refractivity contribution < 1.29 is 24.9 Å². The van der Waals surface area contributed by atoms with Crippen molar-refractivity contribution in [2.24, 2.45) is 0 Å². The van der Waals surface area contributed by atoms with Crippen LogP contribution in [0, 0.1) is 0 Å². The van der Waals surface area contributed by atoms with Crippen LogP contribution in [0.5, 0.6) is 5.75 Å². The highest BCUT2D eigenvalue weighted by molar-refractivity contribution is 5.67. The summed E-state index contributed by atoms with van der Waals surface area (Å²) in [5, 5.41) is 26.2. The normalized spacial score (nSPS) is 12.1. The zero-order chi connectivity index (χ0) is 12.7. The van der Waals surface area contributed by atoms with Gasteiger partial charge in [0.1, 0.15) is 18.5 Å². The third-order valence-corrected chi connectivity index (χ3v) is 2.20. The maximum Gasteiger partial charge on any atom is 0.303 e. The lowest BCUT2D eigenvalue weighted by molar-refractivity contribution is -0.136. The fourth-order valence-electron chi connectivity index (χ4n) is 1.25. The van der Waals surface area contributed by atoms with E-state index in [2.05, 4.69) is 0 Å². The molecule has 17 heavy (non-hydrogen) atoms. The van der Waals surface area contributed by atoms with Crippen LogP contribution >= 0.6 is 0 Å². The Kier molecular flexibility index (Phi) is 5.45. The predicted molar refractivity (Wildman–Crippen MR) is 61.0 cm³/mol. The minimum atomic E-state index is -0.887. The highest BCUT2D eigenvalue weighted by Gasteiger charge is 2.03. The van der Waals surface area contributed by atoms with Gasteiger partial charge in [-0.05, 0) is 24.1 Å². The van der Waals surface area contributed by atoms with Crippen LogP contribution in [0.25, 0.3) is 0 Å². The summed E-state index contributed by atoms with van der Waals surface area (Å²) < 4.78 is 5.21. The van der Waals surface area contributed by atoms with Gasteiger partial charge in [0.25, 0.3) is 0 Å². The molecule has 0 spiro atoms. The lowest BCUT2D eigenvalue weighted by Crippen LogP contribution is -2.21. The predicted octanol–water partition coefficient (Wildman–Crippen LogP) is 0.436. The molecular weight excluding hydrogens is 224 g/mol. The Morgan fingerprint density at radius 3 is 2.47 bits per heavy atom. The molecule has 5 nitrogen and oxygen atoms in total. The first-order chi connectivity index (χ1) is 8.11. The van der Waals surface area contributed by atoms with Gasteiger partial charge in [-0.15, -0.1) is 0 Å². The van der Waals surface area contributed by atoms with E-state index >= 15 is 0 Å². The number of rotatable bonds is 7. The van der Waals surface area contributed by atoms with Gasteiger partial charge in [0, 0.05) is 6.42 Å². The van der Waals surface area contributed by atoms with Crippen LogP contribution in [0.3, 0.4) is 0 Å². The highest BCUT2D eigenvalue weighted by Crippen LogP contribution is 2.13. The van der Waals surface area contributed by atoms with Gasteiger partial charge in [-0.1, -0.05) is 12.1 Å². The monoisotopic (exact) mass is 240 g/mol. The van der Waals surface area contributed by atoms with Gasteiger partial charge in [0.15, 0.2) is 0 Å². The van der Waals surface area contributed by atoms with Crippen molar-refractivity contribution in [2.75, 3.05) is 13.2 Å². The van der Waals surface area contributed by atoms with Crippen LogP contribution in [0.2, 0.25) is 0 Å². The number of carboxylic acid groups (broad SMARTS) is 1. The third kappa shape index (κ3) is 5.33. The van der Waals surface area contributed by atoms with Crippen LogP contribution in [-0.2, 0) is 11.2 Å². The number of benzene rings is 1. The molecule has 1 rings (SSSR count). The van der Waals surface area contributed by atoms with Gasteiger partial charge >= 0.3 is 5.97 Å². The summed E-state index contributed by atoms with van der Waals surface area (Å²) >= 11 is 0. The van der Waals surface area contributed by atoms with Gasteiger partial charge in [0.2, 0.25) is 0 Å². The molecule has 1 aromatic rings. The zero-order valence-electron chi connectivity index (χ0n) is 9.37. The number of hydrogen-bond donors (Lipinski definition) is 3. The van der Waals surface area contributed by atoms with Crippen molar-refractivity contribution in [2.45, 2.75) is 18.9 Å². The van der Waals surface area contributed by atoms with Crippen LogP contribution in [-0.4, -0.2) is 40.6 Å². The highest BCUT2D eigenvalue weighted by atomic mass is 16.5. The minimum Gasteiger partial charge on any atom is -0.491 e. The van der Waals surface area contributed by atoms with Crippen molar-refractivity contribution in [1.82, 2.24) is 0 Å². The second-order valence-corrected chi connectivity index (χ2v) is 3.69. The van der Waals surface area contributed by atoms with Gasteiger partial charge in [0.05, 0.1) is 6.61 Å². The SMILES string of the molecule is O=C(O)CCc1ccc(OC[C@@H](O)CO)cc1. The fourth-order valence-corrected chi connectivity index (χ4v) is 1.25. The van der Waals surface area contributed by atoms with Crippen LogP contribution < -0.4 is 4.74 Å². The molecule has 1 aromatic carbocycles. The molecule has 0 radical (unpaired) electrons. The number of ether oxygens (including phenoxy) is 1. The molecule has 0 aliphatic carbocycles. The molecule has 0 fully saturated rings. The number of hydrogen-bond acceptors (Lipinski definition) is 4. The molecule has 0 bridgehead atoms. The average Bonchev–Trinajstić information content (AvgIpc) is 2.34. The average molecular weight is 240 g/mol. The summed E-state index contributed by atoms with van der Waals surface area (Å²) in [6, 6.07) is 6.98. The number of aliphatic hydroxyl groups excluding tert-OH is 2. The van der Waals surface area contributed by atoms with Gasteiger partial charge in [-0.25, -0.2) is 0 Å². The zero-order valence-corrected chi connectivity index (χ0v) is 9.37. The van der Waals surface area contributed by atoms with Crippen molar-refractivity contribution in [3.05, 3.63) is 29.8 Å². The van der Waals surface area contributed by atoms with Gasteiger partial charge in [-0.2, -0.15) is 0 Å². The van der Waals surface area contributed by atoms with Crippen LogP contribution in [0.15, 0.2) is 24.3 Å². The molecule has 0 saturated heterocycles. The summed E-state index contributed by atoms with van der Waals surface area (Å²) in [5.41, 5.74) is 0.919. The Morgan fingerprint density at radius 1 is 1.29 bits per heavy atom. The number of carboxylic acids is 1. The lowest BCUT2D eigenvalue weighted by Gasteiger charge is -2.10. The van der Waals surface area contributed by atoms with E-state index in [4.69, 9.17) is 20.1 Å². The molecule has 0 amide bonds. The Morgan fingerprint density at radius 2 is 1.94 bits per heavy atom. The van der Waals surface area contributed by atoms with Gasteiger partial charge < -0.3 is 20.1 Å². The Labute approximate surface area is 99.3 Å². The molecule has 0 aliphatic heterocycles. The first-order valence-electron chi connectivity index (χ1n) is 5.34. The minimum absolute atomic E-state index is 0.0327. The molecule has 94 valence electrons. The molecule has 0 aromatic heterocycles. The molecule has 0 saturated carbocycles.